The van der Waals surface area contributed by atoms with Gasteiger partial charge in [0.25, 0.3) is 11.8 Å². The van der Waals surface area contributed by atoms with Gasteiger partial charge < -0.3 is 30.2 Å². The zero-order valence-corrected chi connectivity index (χ0v) is 24.7. The van der Waals surface area contributed by atoms with E-state index < -0.39 is 11.8 Å². The maximum atomic E-state index is 13.4. The molecule has 220 valence electrons. The van der Waals surface area contributed by atoms with E-state index in [1.807, 2.05) is 0 Å². The summed E-state index contributed by atoms with van der Waals surface area (Å²) in [5.74, 6) is 0.788. The number of rotatable bonds is 12. The summed E-state index contributed by atoms with van der Waals surface area (Å²) >= 11 is 1.36. The summed E-state index contributed by atoms with van der Waals surface area (Å²) in [6.07, 6.45) is 1.54. The number of methoxy groups -OCH3 is 3. The van der Waals surface area contributed by atoms with Crippen LogP contribution in [0.15, 0.2) is 108 Å². The third-order valence-corrected chi connectivity index (χ3v) is 7.12. The van der Waals surface area contributed by atoms with Crippen molar-refractivity contribution in [3.8, 4) is 17.2 Å². The fourth-order valence-corrected chi connectivity index (χ4v) is 4.61. The number of carbonyl (C=O) groups is 3. The second-order valence-corrected chi connectivity index (χ2v) is 10.1. The summed E-state index contributed by atoms with van der Waals surface area (Å²) in [5.41, 5.74) is 2.15. The van der Waals surface area contributed by atoms with Crippen LogP contribution in [0.3, 0.4) is 0 Å². The Morgan fingerprint density at radius 2 is 1.44 bits per heavy atom. The van der Waals surface area contributed by atoms with Gasteiger partial charge in [-0.05, 0) is 66.7 Å². The molecule has 43 heavy (non-hydrogen) atoms. The van der Waals surface area contributed by atoms with E-state index in [0.717, 1.165) is 4.90 Å². The lowest BCUT2D eigenvalue weighted by molar-refractivity contribution is -0.114. The van der Waals surface area contributed by atoms with Crippen LogP contribution in [-0.2, 0) is 9.59 Å². The lowest BCUT2D eigenvalue weighted by Crippen LogP contribution is -2.30. The predicted octanol–water partition coefficient (Wildman–Crippen LogP) is 5.85. The highest BCUT2D eigenvalue weighted by molar-refractivity contribution is 8.00. The minimum absolute atomic E-state index is 0.0185. The Kier molecular flexibility index (Phi) is 10.8. The molecule has 0 aliphatic heterocycles. The van der Waals surface area contributed by atoms with Gasteiger partial charge >= 0.3 is 0 Å². The molecule has 0 aliphatic rings. The Morgan fingerprint density at radius 1 is 0.721 bits per heavy atom. The average Bonchev–Trinajstić information content (AvgIpc) is 3.04. The van der Waals surface area contributed by atoms with E-state index in [4.69, 9.17) is 14.2 Å². The summed E-state index contributed by atoms with van der Waals surface area (Å²) in [7, 11) is 4.62. The van der Waals surface area contributed by atoms with Crippen LogP contribution in [0.1, 0.15) is 15.9 Å². The molecule has 0 saturated carbocycles. The van der Waals surface area contributed by atoms with Crippen molar-refractivity contribution in [2.45, 2.75) is 4.90 Å². The van der Waals surface area contributed by atoms with Gasteiger partial charge in [-0.15, -0.1) is 11.8 Å². The van der Waals surface area contributed by atoms with E-state index in [1.165, 1.54) is 18.9 Å². The van der Waals surface area contributed by atoms with Crippen LogP contribution in [0.4, 0.5) is 11.4 Å². The standard InChI is InChI=1S/C33H31N3O6S/c1-40-26-11-7-10-25(19-26)34-31(37)21-43-28-16-13-24(14-17-28)35-33(39)29(36-32(38)22-8-5-4-6-9-22)18-23-12-15-27(41-2)20-30(23)42-3/h4-20H,21H2,1-3H3,(H,34,37)(H,35,39)(H,36,38)/b29-18-. The maximum Gasteiger partial charge on any atom is 0.272 e. The van der Waals surface area contributed by atoms with Crippen LogP contribution in [0, 0.1) is 0 Å². The molecule has 0 bridgehead atoms. The number of nitrogens with one attached hydrogen (secondary N) is 3. The first kappa shape index (κ1) is 30.7. The fourth-order valence-electron chi connectivity index (χ4n) is 3.92. The first-order chi connectivity index (χ1) is 20.9. The van der Waals surface area contributed by atoms with Gasteiger partial charge in [-0.3, -0.25) is 14.4 Å². The van der Waals surface area contributed by atoms with E-state index in [2.05, 4.69) is 16.0 Å². The number of hydrogen-bond donors (Lipinski definition) is 3. The van der Waals surface area contributed by atoms with E-state index in [-0.39, 0.29) is 17.4 Å². The lowest BCUT2D eigenvalue weighted by Gasteiger charge is -2.13. The smallest absolute Gasteiger partial charge is 0.272 e. The second kappa shape index (κ2) is 15.1. The van der Waals surface area contributed by atoms with Crippen LogP contribution in [0.25, 0.3) is 6.08 Å². The van der Waals surface area contributed by atoms with Gasteiger partial charge in [0, 0.05) is 39.5 Å². The predicted molar refractivity (Wildman–Crippen MR) is 169 cm³/mol. The van der Waals surface area contributed by atoms with Crippen LogP contribution >= 0.6 is 11.8 Å². The second-order valence-electron chi connectivity index (χ2n) is 9.03. The molecule has 0 unspecified atom stereocenters. The molecular formula is C33H31N3O6S. The van der Waals surface area contributed by atoms with Gasteiger partial charge in [-0.25, -0.2) is 0 Å². The Labute approximate surface area is 254 Å². The van der Waals surface area contributed by atoms with Gasteiger partial charge in [0.2, 0.25) is 5.91 Å². The lowest BCUT2D eigenvalue weighted by atomic mass is 10.1. The third-order valence-electron chi connectivity index (χ3n) is 6.10. The Bertz CT molecular complexity index is 1610. The highest BCUT2D eigenvalue weighted by atomic mass is 32.2. The fraction of sp³-hybridized carbons (Fsp3) is 0.121. The highest BCUT2D eigenvalue weighted by Gasteiger charge is 2.17. The number of anilines is 2. The van der Waals surface area contributed by atoms with Crippen molar-refractivity contribution in [1.29, 1.82) is 0 Å². The van der Waals surface area contributed by atoms with Crippen molar-refractivity contribution in [2.24, 2.45) is 0 Å². The Hall–Kier alpha value is -5.22. The number of ether oxygens (including phenoxy) is 3. The molecule has 4 rings (SSSR count). The van der Waals surface area contributed by atoms with Crippen molar-refractivity contribution in [1.82, 2.24) is 5.32 Å². The molecule has 0 aliphatic carbocycles. The van der Waals surface area contributed by atoms with E-state index in [1.54, 1.807) is 117 Å². The minimum atomic E-state index is -0.528. The van der Waals surface area contributed by atoms with Crippen molar-refractivity contribution in [2.75, 3.05) is 37.7 Å². The molecule has 0 spiro atoms. The number of hydrogen-bond acceptors (Lipinski definition) is 7. The molecule has 0 saturated heterocycles. The molecule has 0 aromatic heterocycles. The van der Waals surface area contributed by atoms with Crippen molar-refractivity contribution >= 4 is 46.9 Å². The van der Waals surface area contributed by atoms with Crippen LogP contribution in [0.2, 0.25) is 0 Å². The number of amides is 3. The summed E-state index contributed by atoms with van der Waals surface area (Å²) in [6, 6.07) is 28.0. The molecular weight excluding hydrogens is 566 g/mol. The van der Waals surface area contributed by atoms with Crippen molar-refractivity contribution in [3.63, 3.8) is 0 Å². The summed E-state index contributed by atoms with van der Waals surface area (Å²) < 4.78 is 15.9. The van der Waals surface area contributed by atoms with Gasteiger partial charge in [-0.2, -0.15) is 0 Å². The summed E-state index contributed by atoms with van der Waals surface area (Å²) in [4.78, 5) is 39.6. The number of benzene rings is 4. The first-order valence-corrected chi connectivity index (χ1v) is 14.2. The Morgan fingerprint density at radius 3 is 2.14 bits per heavy atom. The third kappa shape index (κ3) is 8.88. The van der Waals surface area contributed by atoms with Gasteiger partial charge in [0.1, 0.15) is 22.9 Å². The molecule has 10 heteroatoms. The van der Waals surface area contributed by atoms with Crippen LogP contribution < -0.4 is 30.2 Å². The summed E-state index contributed by atoms with van der Waals surface area (Å²) in [6.45, 7) is 0. The van der Waals surface area contributed by atoms with Gasteiger partial charge in [0.05, 0.1) is 27.1 Å². The largest absolute Gasteiger partial charge is 0.497 e. The van der Waals surface area contributed by atoms with Crippen molar-refractivity contribution in [3.05, 3.63) is 114 Å². The molecule has 0 heterocycles. The van der Waals surface area contributed by atoms with Gasteiger partial charge in [-0.1, -0.05) is 24.3 Å². The molecule has 4 aromatic carbocycles. The minimum Gasteiger partial charge on any atom is -0.497 e. The van der Waals surface area contributed by atoms with E-state index in [9.17, 15) is 14.4 Å². The number of carbonyl (C=O) groups excluding carboxylic acids is 3. The quantitative estimate of drug-likeness (QED) is 0.139. The normalized spacial score (nSPS) is 10.8. The molecule has 9 nitrogen and oxygen atoms in total. The topological polar surface area (TPSA) is 115 Å². The first-order valence-electron chi connectivity index (χ1n) is 13.2. The average molecular weight is 598 g/mol. The Balaban J connectivity index is 1.45. The zero-order chi connectivity index (χ0) is 30.6. The molecule has 3 amide bonds. The molecule has 0 radical (unpaired) electrons. The van der Waals surface area contributed by atoms with Crippen LogP contribution in [-0.4, -0.2) is 44.8 Å². The highest BCUT2D eigenvalue weighted by Crippen LogP contribution is 2.27. The summed E-state index contributed by atoms with van der Waals surface area (Å²) in [5, 5.41) is 8.39. The van der Waals surface area contributed by atoms with Gasteiger partial charge in [0.15, 0.2) is 0 Å². The molecule has 0 atom stereocenters. The molecule has 3 N–H and O–H groups in total. The molecule has 0 fully saturated rings. The van der Waals surface area contributed by atoms with Crippen LogP contribution in [0.5, 0.6) is 17.2 Å². The molecule has 4 aromatic rings. The monoisotopic (exact) mass is 597 g/mol. The van der Waals surface area contributed by atoms with E-state index >= 15 is 0 Å². The SMILES string of the molecule is COc1cccc(NC(=O)CSc2ccc(NC(=O)/C(=C/c3ccc(OC)cc3OC)NC(=O)c3ccccc3)cc2)c1. The number of thioether (sulfide) groups is 1. The zero-order valence-electron chi connectivity index (χ0n) is 23.9. The van der Waals surface area contributed by atoms with Crippen molar-refractivity contribution < 1.29 is 28.6 Å². The van der Waals surface area contributed by atoms with E-state index in [0.29, 0.717) is 39.8 Å². The maximum absolute atomic E-state index is 13.4.